The Morgan fingerprint density at radius 2 is 1.81 bits per heavy atom. The van der Waals surface area contributed by atoms with E-state index in [1.807, 2.05) is 36.4 Å². The van der Waals surface area contributed by atoms with Crippen LogP contribution in [0.5, 0.6) is 17.2 Å². The Morgan fingerprint density at radius 1 is 1.10 bits per heavy atom. The van der Waals surface area contributed by atoms with E-state index in [2.05, 4.69) is 19.9 Å². The van der Waals surface area contributed by atoms with E-state index in [0.29, 0.717) is 11.5 Å². The second kappa shape index (κ2) is 5.08. The second-order valence-corrected chi connectivity index (χ2v) is 6.10. The lowest BCUT2D eigenvalue weighted by Crippen LogP contribution is -2.24. The highest BCUT2D eigenvalue weighted by molar-refractivity contribution is 5.52. The summed E-state index contributed by atoms with van der Waals surface area (Å²) in [5.74, 6) is 2.17. The van der Waals surface area contributed by atoms with Crippen molar-refractivity contribution in [3.63, 3.8) is 0 Å². The number of para-hydroxylation sites is 2. The largest absolute Gasteiger partial charge is 0.483 e. The van der Waals surface area contributed by atoms with Crippen molar-refractivity contribution in [2.75, 3.05) is 0 Å². The predicted molar refractivity (Wildman–Crippen MR) is 82.0 cm³/mol. The van der Waals surface area contributed by atoms with E-state index >= 15 is 0 Å². The minimum Gasteiger partial charge on any atom is -0.483 e. The van der Waals surface area contributed by atoms with Crippen molar-refractivity contribution in [3.8, 4) is 17.2 Å². The molecule has 2 aromatic rings. The van der Waals surface area contributed by atoms with Gasteiger partial charge in [0.05, 0.1) is 6.10 Å². The van der Waals surface area contributed by atoms with E-state index in [-0.39, 0.29) is 5.60 Å². The van der Waals surface area contributed by atoms with Crippen LogP contribution in [0.25, 0.3) is 0 Å². The Bertz CT molecular complexity index is 659. The Balaban J connectivity index is 1.97. The summed E-state index contributed by atoms with van der Waals surface area (Å²) in [6, 6.07) is 13.5. The molecule has 0 fully saturated rings. The van der Waals surface area contributed by atoms with E-state index in [0.717, 1.165) is 23.3 Å². The minimum atomic E-state index is -0.574. The van der Waals surface area contributed by atoms with Crippen molar-refractivity contribution in [2.45, 2.75) is 38.9 Å². The Labute approximate surface area is 125 Å². The first-order chi connectivity index (χ1) is 9.96. The molecule has 1 atom stereocenters. The van der Waals surface area contributed by atoms with Crippen LogP contribution < -0.4 is 9.47 Å². The smallest absolute Gasteiger partial charge is 0.169 e. The fourth-order valence-corrected chi connectivity index (χ4v) is 2.70. The lowest BCUT2D eigenvalue weighted by atomic mass is 10.0. The van der Waals surface area contributed by atoms with Gasteiger partial charge in [0, 0.05) is 17.5 Å². The number of aliphatic hydroxyl groups is 1. The number of hydrogen-bond donors (Lipinski definition) is 1. The van der Waals surface area contributed by atoms with Crippen LogP contribution in [-0.4, -0.2) is 10.7 Å². The van der Waals surface area contributed by atoms with Crippen molar-refractivity contribution in [1.29, 1.82) is 0 Å². The van der Waals surface area contributed by atoms with Crippen LogP contribution in [0.2, 0.25) is 0 Å². The summed E-state index contributed by atoms with van der Waals surface area (Å²) in [4.78, 5) is 0. The standard InChI is InChI=1S/C18H20O3/c1-12(19)14-8-4-5-9-15(14)20-16-10-6-7-13-11-18(2,3)21-17(13)16/h4-10,12,19H,11H2,1-3H3/t12-/m0/s1. The average Bonchev–Trinajstić information content (AvgIpc) is 2.74. The van der Waals surface area contributed by atoms with E-state index in [1.165, 1.54) is 0 Å². The molecule has 1 heterocycles. The van der Waals surface area contributed by atoms with Gasteiger partial charge in [-0.2, -0.15) is 0 Å². The van der Waals surface area contributed by atoms with Gasteiger partial charge in [0.2, 0.25) is 0 Å². The molecule has 0 amide bonds. The first-order valence-corrected chi connectivity index (χ1v) is 7.22. The molecule has 2 aromatic carbocycles. The van der Waals surface area contributed by atoms with Gasteiger partial charge in [-0.1, -0.05) is 30.3 Å². The van der Waals surface area contributed by atoms with Gasteiger partial charge in [-0.15, -0.1) is 0 Å². The number of benzene rings is 2. The van der Waals surface area contributed by atoms with Crippen molar-refractivity contribution < 1.29 is 14.6 Å². The molecule has 3 rings (SSSR count). The summed E-state index contributed by atoms with van der Waals surface area (Å²) in [6.07, 6.45) is 0.299. The molecule has 1 aliphatic heterocycles. The van der Waals surface area contributed by atoms with E-state index < -0.39 is 6.10 Å². The first-order valence-electron chi connectivity index (χ1n) is 7.22. The maximum Gasteiger partial charge on any atom is 0.169 e. The number of aliphatic hydroxyl groups excluding tert-OH is 1. The molecular weight excluding hydrogens is 264 g/mol. The van der Waals surface area contributed by atoms with Gasteiger partial charge >= 0.3 is 0 Å². The third-order valence-electron chi connectivity index (χ3n) is 3.64. The summed E-state index contributed by atoms with van der Waals surface area (Å²) < 4.78 is 12.0. The molecule has 110 valence electrons. The van der Waals surface area contributed by atoms with Gasteiger partial charge in [-0.3, -0.25) is 0 Å². The third-order valence-corrected chi connectivity index (χ3v) is 3.64. The summed E-state index contributed by atoms with van der Waals surface area (Å²) in [6.45, 7) is 5.87. The van der Waals surface area contributed by atoms with Gasteiger partial charge < -0.3 is 14.6 Å². The lowest BCUT2D eigenvalue weighted by molar-refractivity contribution is 0.134. The topological polar surface area (TPSA) is 38.7 Å². The Hall–Kier alpha value is -2.00. The highest BCUT2D eigenvalue weighted by Gasteiger charge is 2.32. The van der Waals surface area contributed by atoms with Crippen LogP contribution in [0.3, 0.4) is 0 Å². The zero-order valence-electron chi connectivity index (χ0n) is 12.6. The molecule has 1 N–H and O–H groups in total. The van der Waals surface area contributed by atoms with Crippen molar-refractivity contribution in [1.82, 2.24) is 0 Å². The molecule has 3 heteroatoms. The molecule has 0 saturated carbocycles. The van der Waals surface area contributed by atoms with Crippen molar-refractivity contribution in [2.24, 2.45) is 0 Å². The molecule has 0 saturated heterocycles. The monoisotopic (exact) mass is 284 g/mol. The molecule has 1 aliphatic rings. The van der Waals surface area contributed by atoms with E-state index in [4.69, 9.17) is 9.47 Å². The van der Waals surface area contributed by atoms with Gasteiger partial charge in [-0.05, 0) is 32.9 Å². The highest BCUT2D eigenvalue weighted by atomic mass is 16.5. The van der Waals surface area contributed by atoms with Crippen molar-refractivity contribution >= 4 is 0 Å². The number of ether oxygens (including phenoxy) is 2. The zero-order valence-corrected chi connectivity index (χ0v) is 12.6. The van der Waals surface area contributed by atoms with E-state index in [9.17, 15) is 5.11 Å². The van der Waals surface area contributed by atoms with Crippen molar-refractivity contribution in [3.05, 3.63) is 53.6 Å². The van der Waals surface area contributed by atoms with Gasteiger partial charge in [0.25, 0.3) is 0 Å². The van der Waals surface area contributed by atoms with E-state index in [1.54, 1.807) is 6.92 Å². The summed E-state index contributed by atoms with van der Waals surface area (Å²) in [7, 11) is 0. The fraction of sp³-hybridized carbons (Fsp3) is 0.333. The lowest BCUT2D eigenvalue weighted by Gasteiger charge is -2.19. The molecular formula is C18H20O3. The molecule has 0 spiro atoms. The van der Waals surface area contributed by atoms with Crippen LogP contribution in [-0.2, 0) is 6.42 Å². The average molecular weight is 284 g/mol. The second-order valence-electron chi connectivity index (χ2n) is 6.10. The van der Waals surface area contributed by atoms with Crippen LogP contribution in [0, 0.1) is 0 Å². The quantitative estimate of drug-likeness (QED) is 0.916. The maximum absolute atomic E-state index is 9.85. The molecule has 0 unspecified atom stereocenters. The molecule has 0 aromatic heterocycles. The zero-order chi connectivity index (χ0) is 15.0. The van der Waals surface area contributed by atoms with Crippen LogP contribution in [0.1, 0.15) is 38.0 Å². The molecule has 0 bridgehead atoms. The Kier molecular flexibility index (Phi) is 3.38. The predicted octanol–water partition coefficient (Wildman–Crippen LogP) is 4.25. The maximum atomic E-state index is 9.85. The number of rotatable bonds is 3. The Morgan fingerprint density at radius 3 is 2.57 bits per heavy atom. The van der Waals surface area contributed by atoms with Crippen LogP contribution >= 0.6 is 0 Å². The van der Waals surface area contributed by atoms with Crippen LogP contribution in [0.15, 0.2) is 42.5 Å². The summed E-state index contributed by atoms with van der Waals surface area (Å²) in [5.41, 5.74) is 1.73. The van der Waals surface area contributed by atoms with Gasteiger partial charge in [-0.25, -0.2) is 0 Å². The highest BCUT2D eigenvalue weighted by Crippen LogP contribution is 2.44. The summed E-state index contributed by atoms with van der Waals surface area (Å²) in [5, 5.41) is 9.85. The third kappa shape index (κ3) is 2.74. The normalized spacial score (nSPS) is 17.0. The molecule has 3 nitrogen and oxygen atoms in total. The molecule has 0 aliphatic carbocycles. The molecule has 0 radical (unpaired) electrons. The SMILES string of the molecule is C[C@H](O)c1ccccc1Oc1cccc2c1OC(C)(C)C2. The number of fused-ring (bicyclic) bond motifs is 1. The first kappa shape index (κ1) is 14.0. The minimum absolute atomic E-state index is 0.203. The number of hydrogen-bond acceptors (Lipinski definition) is 3. The fourth-order valence-electron chi connectivity index (χ4n) is 2.70. The van der Waals surface area contributed by atoms with Crippen LogP contribution in [0.4, 0.5) is 0 Å². The molecule has 21 heavy (non-hydrogen) atoms. The summed E-state index contributed by atoms with van der Waals surface area (Å²) >= 11 is 0. The van der Waals surface area contributed by atoms with Gasteiger partial charge in [0.15, 0.2) is 11.5 Å². The van der Waals surface area contributed by atoms with Gasteiger partial charge in [0.1, 0.15) is 11.4 Å².